The molecule has 0 unspecified atom stereocenters. The predicted molar refractivity (Wildman–Crippen MR) is 68.5 cm³/mol. The van der Waals surface area contributed by atoms with Crippen LogP contribution in [0.3, 0.4) is 0 Å². The third-order valence-electron chi connectivity index (χ3n) is 2.80. The van der Waals surface area contributed by atoms with Gasteiger partial charge in [-0.2, -0.15) is 8.75 Å². The lowest BCUT2D eigenvalue weighted by molar-refractivity contribution is 0.0343. The van der Waals surface area contributed by atoms with E-state index >= 15 is 0 Å². The molecule has 0 N–H and O–H groups in total. The second kappa shape index (κ2) is 4.05. The lowest BCUT2D eigenvalue weighted by Gasteiger charge is -2.33. The molecular formula is C11H13BN2O2S. The van der Waals surface area contributed by atoms with Crippen LogP contribution in [0, 0.1) is 5.41 Å². The average Bonchev–Trinajstić information content (AvgIpc) is 2.76. The van der Waals surface area contributed by atoms with Crippen LogP contribution >= 0.6 is 11.7 Å². The van der Waals surface area contributed by atoms with E-state index < -0.39 is 0 Å². The van der Waals surface area contributed by atoms with Crippen molar-refractivity contribution in [1.29, 1.82) is 0 Å². The van der Waals surface area contributed by atoms with Crippen molar-refractivity contribution < 1.29 is 9.31 Å². The third-order valence-corrected chi connectivity index (χ3v) is 3.36. The van der Waals surface area contributed by atoms with Crippen molar-refractivity contribution in [2.24, 2.45) is 5.41 Å². The zero-order valence-electron chi connectivity index (χ0n) is 9.84. The fraction of sp³-hybridized carbons (Fsp3) is 0.455. The van der Waals surface area contributed by atoms with Crippen molar-refractivity contribution >= 4 is 35.3 Å². The zero-order chi connectivity index (χ0) is 11.9. The van der Waals surface area contributed by atoms with Crippen LogP contribution in [-0.4, -0.2) is 29.1 Å². The fourth-order valence-corrected chi connectivity index (χ4v) is 2.35. The van der Waals surface area contributed by atoms with Gasteiger partial charge in [0.1, 0.15) is 11.0 Å². The topological polar surface area (TPSA) is 44.2 Å². The quantitative estimate of drug-likeness (QED) is 0.716. The lowest BCUT2D eigenvalue weighted by Crippen LogP contribution is -2.47. The van der Waals surface area contributed by atoms with Crippen LogP contribution in [0.25, 0.3) is 11.0 Å². The Balaban J connectivity index is 1.84. The highest BCUT2D eigenvalue weighted by Gasteiger charge is 2.33. The van der Waals surface area contributed by atoms with Gasteiger partial charge in [0.05, 0.1) is 11.7 Å². The Morgan fingerprint density at radius 1 is 1.18 bits per heavy atom. The van der Waals surface area contributed by atoms with Gasteiger partial charge in [-0.05, 0) is 17.6 Å². The summed E-state index contributed by atoms with van der Waals surface area (Å²) >= 11 is 1.23. The van der Waals surface area contributed by atoms with Crippen molar-refractivity contribution in [3.63, 3.8) is 0 Å². The highest BCUT2D eigenvalue weighted by atomic mass is 32.1. The molecule has 0 radical (unpaired) electrons. The molecule has 17 heavy (non-hydrogen) atoms. The van der Waals surface area contributed by atoms with Crippen molar-refractivity contribution in [1.82, 2.24) is 8.75 Å². The molecule has 0 saturated carbocycles. The summed E-state index contributed by atoms with van der Waals surface area (Å²) in [6.07, 6.45) is 0. The molecule has 4 nitrogen and oxygen atoms in total. The molecule has 0 amide bonds. The van der Waals surface area contributed by atoms with Gasteiger partial charge in [0.2, 0.25) is 0 Å². The van der Waals surface area contributed by atoms with E-state index in [-0.39, 0.29) is 12.5 Å². The van der Waals surface area contributed by atoms with E-state index in [4.69, 9.17) is 9.31 Å². The van der Waals surface area contributed by atoms with E-state index in [0.29, 0.717) is 13.2 Å². The molecule has 1 aromatic carbocycles. The molecule has 0 atom stereocenters. The third kappa shape index (κ3) is 2.20. The van der Waals surface area contributed by atoms with Gasteiger partial charge in [-0.1, -0.05) is 19.9 Å². The smallest absolute Gasteiger partial charge is 0.407 e. The summed E-state index contributed by atoms with van der Waals surface area (Å²) in [5, 5.41) is 0. The first-order valence-corrected chi connectivity index (χ1v) is 6.33. The van der Waals surface area contributed by atoms with E-state index in [1.807, 2.05) is 18.2 Å². The lowest BCUT2D eigenvalue weighted by atomic mass is 9.76. The first-order chi connectivity index (χ1) is 8.14. The number of rotatable bonds is 1. The minimum absolute atomic E-state index is 0.1000. The molecule has 2 aromatic rings. The normalized spacial score (nSPS) is 19.8. The van der Waals surface area contributed by atoms with Gasteiger partial charge in [0, 0.05) is 18.6 Å². The predicted octanol–water partition coefficient (Wildman–Crippen LogP) is 1.46. The van der Waals surface area contributed by atoms with E-state index in [0.717, 1.165) is 16.5 Å². The van der Waals surface area contributed by atoms with Crippen LogP contribution in [0.15, 0.2) is 18.2 Å². The van der Waals surface area contributed by atoms with Gasteiger partial charge < -0.3 is 9.31 Å². The first kappa shape index (κ1) is 11.1. The zero-order valence-corrected chi connectivity index (χ0v) is 10.7. The molecule has 0 aliphatic carbocycles. The Bertz CT molecular complexity index is 533. The second-order valence-corrected chi connectivity index (χ2v) is 5.66. The van der Waals surface area contributed by atoms with Crippen LogP contribution in [-0.2, 0) is 9.31 Å². The summed E-state index contributed by atoms with van der Waals surface area (Å²) in [5.41, 5.74) is 2.95. The molecule has 88 valence electrons. The first-order valence-electron chi connectivity index (χ1n) is 5.59. The SMILES string of the molecule is CC1(C)COB(c2ccc3nsnc3c2)OC1. The molecule has 0 spiro atoms. The molecule has 1 saturated heterocycles. The van der Waals surface area contributed by atoms with Gasteiger partial charge in [-0.15, -0.1) is 0 Å². The van der Waals surface area contributed by atoms with Crippen LogP contribution in [0.2, 0.25) is 0 Å². The van der Waals surface area contributed by atoms with Gasteiger partial charge >= 0.3 is 7.12 Å². The van der Waals surface area contributed by atoms with Gasteiger partial charge in [-0.25, -0.2) is 0 Å². The Hall–Kier alpha value is -0.975. The summed E-state index contributed by atoms with van der Waals surface area (Å²) in [6.45, 7) is 5.70. The van der Waals surface area contributed by atoms with E-state index in [1.54, 1.807) is 0 Å². The van der Waals surface area contributed by atoms with Crippen molar-refractivity contribution in [3.05, 3.63) is 18.2 Å². The van der Waals surface area contributed by atoms with Crippen molar-refractivity contribution in [2.75, 3.05) is 13.2 Å². The number of hydrogen-bond donors (Lipinski definition) is 0. The van der Waals surface area contributed by atoms with Crippen LogP contribution in [0.4, 0.5) is 0 Å². The van der Waals surface area contributed by atoms with E-state index in [1.165, 1.54) is 11.7 Å². The Morgan fingerprint density at radius 3 is 2.65 bits per heavy atom. The molecule has 0 bridgehead atoms. The molecular weight excluding hydrogens is 235 g/mol. The molecule has 1 aromatic heterocycles. The van der Waals surface area contributed by atoms with Crippen LogP contribution in [0.5, 0.6) is 0 Å². The van der Waals surface area contributed by atoms with Gasteiger partial charge in [0.25, 0.3) is 0 Å². The Labute approximate surface area is 104 Å². The second-order valence-electron chi connectivity index (χ2n) is 5.13. The minimum Gasteiger partial charge on any atom is -0.407 e. The number of hydrogen-bond acceptors (Lipinski definition) is 5. The van der Waals surface area contributed by atoms with E-state index in [9.17, 15) is 0 Å². The monoisotopic (exact) mass is 248 g/mol. The highest BCUT2D eigenvalue weighted by Crippen LogP contribution is 2.21. The Morgan fingerprint density at radius 2 is 1.88 bits per heavy atom. The summed E-state index contributed by atoms with van der Waals surface area (Å²) in [7, 11) is -0.269. The molecule has 1 aliphatic rings. The summed E-state index contributed by atoms with van der Waals surface area (Å²) in [5.74, 6) is 0. The summed E-state index contributed by atoms with van der Waals surface area (Å²) in [4.78, 5) is 0. The molecule has 1 fully saturated rings. The average molecular weight is 248 g/mol. The number of benzene rings is 1. The van der Waals surface area contributed by atoms with Crippen molar-refractivity contribution in [3.8, 4) is 0 Å². The van der Waals surface area contributed by atoms with Gasteiger partial charge in [-0.3, -0.25) is 0 Å². The van der Waals surface area contributed by atoms with Crippen LogP contribution in [0.1, 0.15) is 13.8 Å². The Kier molecular flexibility index (Phi) is 2.65. The molecule has 3 rings (SSSR count). The van der Waals surface area contributed by atoms with Crippen molar-refractivity contribution in [2.45, 2.75) is 13.8 Å². The summed E-state index contributed by atoms with van der Waals surface area (Å²) in [6, 6.07) is 5.94. The van der Waals surface area contributed by atoms with Gasteiger partial charge in [0.15, 0.2) is 0 Å². The molecule has 1 aliphatic heterocycles. The molecule has 2 heterocycles. The maximum Gasteiger partial charge on any atom is 0.493 e. The number of aromatic nitrogens is 2. The number of fused-ring (bicyclic) bond motifs is 1. The van der Waals surface area contributed by atoms with Crippen LogP contribution < -0.4 is 5.46 Å². The molecule has 6 heteroatoms. The standard InChI is InChI=1S/C11H13BN2O2S/c1-11(2)6-15-12(16-7-11)8-3-4-9-10(5-8)14-17-13-9/h3-5H,6-7H2,1-2H3. The minimum atomic E-state index is -0.269. The van der Waals surface area contributed by atoms with E-state index in [2.05, 4.69) is 22.6 Å². The highest BCUT2D eigenvalue weighted by molar-refractivity contribution is 7.00. The maximum atomic E-state index is 5.74. The summed E-state index contributed by atoms with van der Waals surface area (Å²) < 4.78 is 19.9. The largest absolute Gasteiger partial charge is 0.493 e. The fourth-order valence-electron chi connectivity index (χ4n) is 1.83. The number of nitrogens with zero attached hydrogens (tertiary/aromatic N) is 2. The maximum absolute atomic E-state index is 5.74.